The molecule has 0 atom stereocenters. The summed E-state index contributed by atoms with van der Waals surface area (Å²) in [5.74, 6) is 0.0703. The molecule has 1 heterocycles. The first-order chi connectivity index (χ1) is 14.6. The van der Waals surface area contributed by atoms with Gasteiger partial charge in [0.25, 0.3) is 5.91 Å². The lowest BCUT2D eigenvalue weighted by molar-refractivity contribution is -0.121. The zero-order chi connectivity index (χ0) is 20.9. The maximum atomic E-state index is 13.9. The Balaban J connectivity index is 1.58. The molecule has 1 amide bonds. The Kier molecular flexibility index (Phi) is 5.95. The van der Waals surface area contributed by atoms with Gasteiger partial charge in [-0.1, -0.05) is 60.7 Å². The van der Waals surface area contributed by atoms with Gasteiger partial charge in [-0.05, 0) is 41.6 Å². The van der Waals surface area contributed by atoms with Crippen LogP contribution in [0.1, 0.15) is 11.1 Å². The third-order valence-electron chi connectivity index (χ3n) is 4.51. The molecule has 4 rings (SSSR count). The monoisotopic (exact) mass is 418 g/mol. The third kappa shape index (κ3) is 4.44. The van der Waals surface area contributed by atoms with E-state index in [-0.39, 0.29) is 11.6 Å². The number of hydrogen-bond donors (Lipinski definition) is 0. The molecule has 1 fully saturated rings. The van der Waals surface area contributed by atoms with Crippen molar-refractivity contribution < 1.29 is 13.9 Å². The van der Waals surface area contributed by atoms with E-state index in [0.717, 1.165) is 11.1 Å². The van der Waals surface area contributed by atoms with Crippen LogP contribution in [-0.4, -0.2) is 23.0 Å². The molecule has 4 nitrogen and oxygen atoms in total. The summed E-state index contributed by atoms with van der Waals surface area (Å²) >= 11 is 1.21. The fourth-order valence-corrected chi connectivity index (χ4v) is 3.88. The van der Waals surface area contributed by atoms with Crippen molar-refractivity contribution in [3.63, 3.8) is 0 Å². The van der Waals surface area contributed by atoms with Crippen molar-refractivity contribution in [2.45, 2.75) is 6.61 Å². The predicted octanol–water partition coefficient (Wildman–Crippen LogP) is 5.64. The predicted molar refractivity (Wildman–Crippen MR) is 119 cm³/mol. The number of aliphatic imine (C=N–C) groups is 1. The smallest absolute Gasteiger partial charge is 0.266 e. The number of rotatable bonds is 5. The van der Waals surface area contributed by atoms with Gasteiger partial charge < -0.3 is 4.74 Å². The van der Waals surface area contributed by atoms with Gasteiger partial charge in [0.2, 0.25) is 0 Å². The third-order valence-corrected chi connectivity index (χ3v) is 5.58. The standard InChI is InChI=1S/C24H19FN2O2S/c1-27-23(28)22(30-24(27)26-20-13-7-6-12-19(20)25)15-18-11-5-8-14-21(18)29-16-17-9-3-2-4-10-17/h2-15H,16H2,1H3/b22-15+,26-24?. The summed E-state index contributed by atoms with van der Waals surface area (Å²) in [6, 6.07) is 23.7. The van der Waals surface area contributed by atoms with E-state index in [4.69, 9.17) is 4.74 Å². The SMILES string of the molecule is CN1C(=O)/C(=C\c2ccccc2OCc2ccccc2)SC1=Nc1ccccc1F. The van der Waals surface area contributed by atoms with Crippen LogP contribution in [0.4, 0.5) is 10.1 Å². The van der Waals surface area contributed by atoms with E-state index < -0.39 is 5.82 Å². The Bertz CT molecular complexity index is 1130. The molecule has 3 aromatic carbocycles. The Morgan fingerprint density at radius 3 is 2.50 bits per heavy atom. The molecule has 0 spiro atoms. The second kappa shape index (κ2) is 8.97. The van der Waals surface area contributed by atoms with Crippen LogP contribution >= 0.6 is 11.8 Å². The second-order valence-electron chi connectivity index (χ2n) is 6.63. The highest BCUT2D eigenvalue weighted by molar-refractivity contribution is 8.18. The van der Waals surface area contributed by atoms with E-state index in [1.165, 1.54) is 22.7 Å². The van der Waals surface area contributed by atoms with Crippen LogP contribution in [0.2, 0.25) is 0 Å². The van der Waals surface area contributed by atoms with Crippen molar-refractivity contribution in [2.75, 3.05) is 7.05 Å². The number of carbonyl (C=O) groups is 1. The zero-order valence-electron chi connectivity index (χ0n) is 16.3. The molecular weight excluding hydrogens is 399 g/mol. The first-order valence-electron chi connectivity index (χ1n) is 9.38. The Morgan fingerprint density at radius 1 is 1.00 bits per heavy atom. The number of likely N-dealkylation sites (N-methyl/N-ethyl adjacent to an activating group) is 1. The molecule has 0 unspecified atom stereocenters. The molecule has 1 aliphatic heterocycles. The average molecular weight is 418 g/mol. The molecule has 1 aliphatic rings. The van der Waals surface area contributed by atoms with Crippen molar-refractivity contribution in [3.05, 3.63) is 101 Å². The minimum absolute atomic E-state index is 0.187. The molecule has 0 saturated carbocycles. The number of hydrogen-bond acceptors (Lipinski definition) is 4. The fourth-order valence-electron chi connectivity index (χ4n) is 2.90. The number of halogens is 1. The quantitative estimate of drug-likeness (QED) is 0.504. The van der Waals surface area contributed by atoms with Gasteiger partial charge in [-0.2, -0.15) is 0 Å². The van der Waals surface area contributed by atoms with Crippen LogP contribution in [0.3, 0.4) is 0 Å². The number of amidine groups is 1. The largest absolute Gasteiger partial charge is 0.488 e. The number of ether oxygens (including phenoxy) is 1. The number of carbonyl (C=O) groups excluding carboxylic acids is 1. The van der Waals surface area contributed by atoms with Gasteiger partial charge in [-0.25, -0.2) is 9.38 Å². The van der Waals surface area contributed by atoms with E-state index in [2.05, 4.69) is 4.99 Å². The lowest BCUT2D eigenvalue weighted by Gasteiger charge is -2.09. The summed E-state index contributed by atoms with van der Waals surface area (Å²) in [5, 5.41) is 0.430. The molecule has 0 radical (unpaired) electrons. The van der Waals surface area contributed by atoms with Crippen molar-refractivity contribution in [2.24, 2.45) is 4.99 Å². The molecule has 0 aliphatic carbocycles. The second-order valence-corrected chi connectivity index (χ2v) is 7.64. The minimum atomic E-state index is -0.427. The fraction of sp³-hybridized carbons (Fsp3) is 0.0833. The number of thioether (sulfide) groups is 1. The average Bonchev–Trinajstić information content (AvgIpc) is 3.03. The summed E-state index contributed by atoms with van der Waals surface area (Å²) in [5.41, 5.74) is 2.06. The first kappa shape index (κ1) is 19.9. The minimum Gasteiger partial charge on any atom is -0.488 e. The molecule has 150 valence electrons. The van der Waals surface area contributed by atoms with Crippen molar-refractivity contribution in [3.8, 4) is 5.75 Å². The van der Waals surface area contributed by atoms with Crippen LogP contribution in [-0.2, 0) is 11.4 Å². The highest BCUT2D eigenvalue weighted by atomic mass is 32.2. The van der Waals surface area contributed by atoms with Crippen LogP contribution in [0, 0.1) is 5.82 Å². The number of nitrogens with zero attached hydrogens (tertiary/aromatic N) is 2. The van der Waals surface area contributed by atoms with Gasteiger partial charge in [0.05, 0.1) is 4.91 Å². The number of amides is 1. The maximum Gasteiger partial charge on any atom is 0.266 e. The zero-order valence-corrected chi connectivity index (χ0v) is 17.1. The molecule has 3 aromatic rings. The van der Waals surface area contributed by atoms with Gasteiger partial charge in [0.1, 0.15) is 23.9 Å². The summed E-state index contributed by atoms with van der Waals surface area (Å²) in [6.07, 6.45) is 1.79. The normalized spacial score (nSPS) is 16.5. The number of para-hydroxylation sites is 2. The van der Waals surface area contributed by atoms with Crippen LogP contribution < -0.4 is 4.74 Å². The topological polar surface area (TPSA) is 41.9 Å². The molecular formula is C24H19FN2O2S. The van der Waals surface area contributed by atoms with E-state index in [9.17, 15) is 9.18 Å². The van der Waals surface area contributed by atoms with Gasteiger partial charge in [-0.3, -0.25) is 9.69 Å². The Labute approximate surface area is 178 Å². The molecule has 0 N–H and O–H groups in total. The highest BCUT2D eigenvalue weighted by Gasteiger charge is 2.30. The Morgan fingerprint density at radius 2 is 1.70 bits per heavy atom. The van der Waals surface area contributed by atoms with E-state index in [1.54, 1.807) is 31.3 Å². The van der Waals surface area contributed by atoms with Gasteiger partial charge in [-0.15, -0.1) is 0 Å². The lowest BCUT2D eigenvalue weighted by atomic mass is 10.2. The number of benzene rings is 3. The summed E-state index contributed by atoms with van der Waals surface area (Å²) in [4.78, 5) is 19.0. The van der Waals surface area contributed by atoms with Crippen LogP contribution in [0.15, 0.2) is 88.8 Å². The summed E-state index contributed by atoms with van der Waals surface area (Å²) in [7, 11) is 1.63. The molecule has 30 heavy (non-hydrogen) atoms. The molecule has 6 heteroatoms. The first-order valence-corrected chi connectivity index (χ1v) is 10.2. The van der Waals surface area contributed by atoms with Crippen LogP contribution in [0.5, 0.6) is 5.75 Å². The Hall–Kier alpha value is -3.38. The van der Waals surface area contributed by atoms with E-state index in [0.29, 0.717) is 22.4 Å². The molecule has 0 aromatic heterocycles. The molecule has 0 bridgehead atoms. The van der Waals surface area contributed by atoms with Gasteiger partial charge in [0, 0.05) is 12.6 Å². The molecule has 1 saturated heterocycles. The van der Waals surface area contributed by atoms with Crippen molar-refractivity contribution in [1.82, 2.24) is 4.90 Å². The van der Waals surface area contributed by atoms with E-state index in [1.807, 2.05) is 54.6 Å². The van der Waals surface area contributed by atoms with E-state index >= 15 is 0 Å². The summed E-state index contributed by atoms with van der Waals surface area (Å²) in [6.45, 7) is 0.433. The van der Waals surface area contributed by atoms with Crippen molar-refractivity contribution in [1.29, 1.82) is 0 Å². The lowest BCUT2D eigenvalue weighted by Crippen LogP contribution is -2.23. The van der Waals surface area contributed by atoms with Gasteiger partial charge in [0.15, 0.2) is 5.17 Å². The van der Waals surface area contributed by atoms with Crippen LogP contribution in [0.25, 0.3) is 6.08 Å². The summed E-state index contributed by atoms with van der Waals surface area (Å²) < 4.78 is 19.9. The maximum absolute atomic E-state index is 13.9. The highest BCUT2D eigenvalue weighted by Crippen LogP contribution is 2.35. The van der Waals surface area contributed by atoms with Crippen molar-refractivity contribution >= 4 is 34.6 Å². The van der Waals surface area contributed by atoms with Gasteiger partial charge >= 0.3 is 0 Å².